The Bertz CT molecular complexity index is 573. The highest BCUT2D eigenvalue weighted by molar-refractivity contribution is 5.78. The fourth-order valence-electron chi connectivity index (χ4n) is 3.98. The highest BCUT2D eigenvalue weighted by Crippen LogP contribution is 2.22. The molecule has 144 valence electrons. The number of nitrogens with zero attached hydrogens (tertiary/aromatic N) is 3. The third kappa shape index (κ3) is 5.04. The van der Waals surface area contributed by atoms with Gasteiger partial charge in [-0.15, -0.1) is 0 Å². The average Bonchev–Trinajstić information content (AvgIpc) is 3.11. The maximum Gasteiger partial charge on any atom is 0.236 e. The van der Waals surface area contributed by atoms with Crippen molar-refractivity contribution in [1.29, 1.82) is 0 Å². The number of likely N-dealkylation sites (N-methyl/N-ethyl adjacent to an activating group) is 2. The number of benzene rings is 1. The van der Waals surface area contributed by atoms with E-state index in [0.717, 1.165) is 38.9 Å². The average molecular weight is 360 g/mol. The van der Waals surface area contributed by atoms with Crippen molar-refractivity contribution in [3.63, 3.8) is 0 Å². The molecule has 1 aromatic rings. The molecule has 2 aliphatic heterocycles. The molecule has 1 aromatic carbocycles. The predicted octanol–water partition coefficient (Wildman–Crippen LogP) is 1.08. The monoisotopic (exact) mass is 359 g/mol. The third-order valence-corrected chi connectivity index (χ3v) is 5.80. The number of carbonyl (C=O) groups excluding carboxylic acids is 1. The molecule has 26 heavy (non-hydrogen) atoms. The van der Waals surface area contributed by atoms with Crippen LogP contribution in [0.1, 0.15) is 30.9 Å². The van der Waals surface area contributed by atoms with Gasteiger partial charge in [-0.2, -0.15) is 0 Å². The Balaban J connectivity index is 1.43. The minimum Gasteiger partial charge on any atom is -0.343 e. The molecule has 2 unspecified atom stereocenters. The zero-order valence-electron chi connectivity index (χ0n) is 16.3. The normalized spacial score (nSPS) is 24.9. The highest BCUT2D eigenvalue weighted by Gasteiger charge is 2.28. The lowest BCUT2D eigenvalue weighted by molar-refractivity contribution is -0.131. The number of carbonyl (C=O) groups is 1. The summed E-state index contributed by atoms with van der Waals surface area (Å²) in [4.78, 5) is 19.1. The van der Waals surface area contributed by atoms with Gasteiger partial charge in [-0.1, -0.05) is 30.3 Å². The largest absolute Gasteiger partial charge is 0.343 e. The van der Waals surface area contributed by atoms with Crippen molar-refractivity contribution < 1.29 is 4.79 Å². The van der Waals surface area contributed by atoms with E-state index in [9.17, 15) is 4.79 Å². The van der Waals surface area contributed by atoms with Crippen molar-refractivity contribution in [2.45, 2.75) is 37.4 Å². The fourth-order valence-corrected chi connectivity index (χ4v) is 3.98. The van der Waals surface area contributed by atoms with Crippen molar-refractivity contribution in [3.05, 3.63) is 35.9 Å². The quantitative estimate of drug-likeness (QED) is 0.796. The molecular weight excluding hydrogens is 326 g/mol. The maximum absolute atomic E-state index is 12.6. The third-order valence-electron chi connectivity index (χ3n) is 5.80. The van der Waals surface area contributed by atoms with Crippen LogP contribution in [-0.2, 0) is 4.79 Å². The van der Waals surface area contributed by atoms with Crippen LogP contribution < -0.4 is 10.9 Å². The van der Waals surface area contributed by atoms with Crippen LogP contribution in [-0.4, -0.2) is 80.0 Å². The Hall–Kier alpha value is -1.47. The summed E-state index contributed by atoms with van der Waals surface area (Å²) in [6, 6.07) is 11.6. The van der Waals surface area contributed by atoms with Crippen molar-refractivity contribution in [2.24, 2.45) is 0 Å². The first-order chi connectivity index (χ1) is 12.5. The number of amides is 1. The van der Waals surface area contributed by atoms with E-state index in [0.29, 0.717) is 18.6 Å². The number of hydrogen-bond acceptors (Lipinski definition) is 5. The highest BCUT2D eigenvalue weighted by atomic mass is 16.2. The fraction of sp³-hybridized carbons (Fsp3) is 0.650. The van der Waals surface area contributed by atoms with Gasteiger partial charge >= 0.3 is 0 Å². The topological polar surface area (TPSA) is 50.9 Å². The van der Waals surface area contributed by atoms with Gasteiger partial charge < -0.3 is 9.80 Å². The predicted molar refractivity (Wildman–Crippen MR) is 105 cm³/mol. The number of nitrogens with one attached hydrogen (secondary N) is 2. The summed E-state index contributed by atoms with van der Waals surface area (Å²) in [5, 5.41) is 0. The van der Waals surface area contributed by atoms with Crippen molar-refractivity contribution in [2.75, 3.05) is 47.3 Å². The van der Waals surface area contributed by atoms with Gasteiger partial charge in [0.2, 0.25) is 5.91 Å². The molecule has 0 bridgehead atoms. The second kappa shape index (κ2) is 8.95. The van der Waals surface area contributed by atoms with Gasteiger partial charge in [-0.3, -0.25) is 15.1 Å². The summed E-state index contributed by atoms with van der Waals surface area (Å²) < 4.78 is 0. The lowest BCUT2D eigenvalue weighted by Gasteiger charge is -2.35. The van der Waals surface area contributed by atoms with E-state index in [1.165, 1.54) is 5.56 Å². The molecule has 0 saturated carbocycles. The standard InChI is InChI=1S/C20H33N5O/c1-23-11-9-18(10-12-23)24(2)15-20(26)25(3)14-17-13-19(22-21-17)16-7-5-4-6-8-16/h4-8,17-19,21-22H,9-15H2,1-3H3. The molecule has 2 N–H and O–H groups in total. The molecule has 3 rings (SSSR count). The molecule has 2 heterocycles. The molecular formula is C20H33N5O. The molecule has 2 aliphatic rings. The molecule has 1 amide bonds. The lowest BCUT2D eigenvalue weighted by atomic mass is 10.0. The van der Waals surface area contributed by atoms with E-state index >= 15 is 0 Å². The Morgan fingerprint density at radius 3 is 2.54 bits per heavy atom. The Labute approximate surface area is 157 Å². The summed E-state index contributed by atoms with van der Waals surface area (Å²) in [6.07, 6.45) is 3.29. The Kier molecular flexibility index (Phi) is 6.64. The van der Waals surface area contributed by atoms with Crippen LogP contribution in [0.4, 0.5) is 0 Å². The van der Waals surface area contributed by atoms with E-state index in [-0.39, 0.29) is 11.9 Å². The first-order valence-electron chi connectivity index (χ1n) is 9.71. The molecule has 6 heteroatoms. The van der Waals surface area contributed by atoms with Crippen LogP contribution in [0.2, 0.25) is 0 Å². The van der Waals surface area contributed by atoms with Crippen LogP contribution in [0.3, 0.4) is 0 Å². The number of hydrazine groups is 1. The summed E-state index contributed by atoms with van der Waals surface area (Å²) in [7, 11) is 6.17. The van der Waals surface area contributed by atoms with Gasteiger partial charge in [0.25, 0.3) is 0 Å². The van der Waals surface area contributed by atoms with Gasteiger partial charge in [0.05, 0.1) is 6.54 Å². The summed E-state index contributed by atoms with van der Waals surface area (Å²) in [6.45, 7) is 3.48. The molecule has 0 aliphatic carbocycles. The zero-order valence-corrected chi connectivity index (χ0v) is 16.3. The Morgan fingerprint density at radius 1 is 1.15 bits per heavy atom. The molecule has 2 atom stereocenters. The van der Waals surface area contributed by atoms with Crippen molar-refractivity contribution in [3.8, 4) is 0 Å². The van der Waals surface area contributed by atoms with Crippen LogP contribution in [0.25, 0.3) is 0 Å². The summed E-state index contributed by atoms with van der Waals surface area (Å²) in [5.74, 6) is 0.205. The number of piperidine rings is 1. The van der Waals surface area contributed by atoms with Gasteiger partial charge in [-0.25, -0.2) is 5.43 Å². The van der Waals surface area contributed by atoms with Gasteiger partial charge in [0.15, 0.2) is 0 Å². The molecule has 0 radical (unpaired) electrons. The van der Waals surface area contributed by atoms with Crippen LogP contribution in [0.15, 0.2) is 30.3 Å². The number of rotatable bonds is 6. The van der Waals surface area contributed by atoms with E-state index in [2.05, 4.69) is 59.0 Å². The van der Waals surface area contributed by atoms with Crippen LogP contribution >= 0.6 is 0 Å². The first-order valence-corrected chi connectivity index (χ1v) is 9.71. The first kappa shape index (κ1) is 19.3. The van der Waals surface area contributed by atoms with E-state index in [1.54, 1.807) is 0 Å². The van der Waals surface area contributed by atoms with Crippen molar-refractivity contribution in [1.82, 2.24) is 25.6 Å². The minimum atomic E-state index is 0.205. The summed E-state index contributed by atoms with van der Waals surface area (Å²) >= 11 is 0. The zero-order chi connectivity index (χ0) is 18.5. The molecule has 0 aromatic heterocycles. The van der Waals surface area contributed by atoms with Gasteiger partial charge in [-0.05, 0) is 52.0 Å². The Morgan fingerprint density at radius 2 is 1.85 bits per heavy atom. The second-order valence-electron chi connectivity index (χ2n) is 7.91. The SMILES string of the molecule is CN1CCC(N(C)CC(=O)N(C)CC2CC(c3ccccc3)NN2)CC1. The molecule has 6 nitrogen and oxygen atoms in total. The van der Waals surface area contributed by atoms with E-state index < -0.39 is 0 Å². The van der Waals surface area contributed by atoms with Crippen molar-refractivity contribution >= 4 is 5.91 Å². The van der Waals surface area contributed by atoms with Gasteiger partial charge in [0, 0.05) is 31.7 Å². The summed E-state index contributed by atoms with van der Waals surface area (Å²) in [5.41, 5.74) is 8.00. The number of hydrogen-bond donors (Lipinski definition) is 2. The van der Waals surface area contributed by atoms with Gasteiger partial charge in [0.1, 0.15) is 0 Å². The second-order valence-corrected chi connectivity index (χ2v) is 7.91. The smallest absolute Gasteiger partial charge is 0.236 e. The molecule has 2 fully saturated rings. The minimum absolute atomic E-state index is 0.205. The molecule has 2 saturated heterocycles. The van der Waals surface area contributed by atoms with E-state index in [4.69, 9.17) is 0 Å². The molecule has 0 spiro atoms. The van der Waals surface area contributed by atoms with Crippen LogP contribution in [0, 0.1) is 0 Å². The van der Waals surface area contributed by atoms with E-state index in [1.807, 2.05) is 18.0 Å². The number of likely N-dealkylation sites (tertiary alicyclic amines) is 1. The maximum atomic E-state index is 12.6. The lowest BCUT2D eigenvalue weighted by Crippen LogP contribution is -2.48. The van der Waals surface area contributed by atoms with Crippen LogP contribution in [0.5, 0.6) is 0 Å².